The van der Waals surface area contributed by atoms with E-state index in [1.165, 1.54) is 0 Å². The number of carbonyl (C=O) groups is 1. The van der Waals surface area contributed by atoms with E-state index in [1.807, 2.05) is 36.4 Å². The SMILES string of the molecule is N#CC(COCc1ccccc1)CC(=O)O. The van der Waals surface area contributed by atoms with E-state index in [2.05, 4.69) is 0 Å². The van der Waals surface area contributed by atoms with Gasteiger partial charge in [0.05, 0.1) is 31.6 Å². The number of aliphatic carboxylic acids is 1. The van der Waals surface area contributed by atoms with Gasteiger partial charge >= 0.3 is 5.97 Å². The number of rotatable bonds is 6. The van der Waals surface area contributed by atoms with Crippen LogP contribution in [0.25, 0.3) is 0 Å². The molecule has 1 aromatic carbocycles. The van der Waals surface area contributed by atoms with Gasteiger partial charge in [0.2, 0.25) is 0 Å². The Morgan fingerprint density at radius 1 is 1.44 bits per heavy atom. The van der Waals surface area contributed by atoms with E-state index in [0.29, 0.717) is 6.61 Å². The highest BCUT2D eigenvalue weighted by Gasteiger charge is 2.12. The summed E-state index contributed by atoms with van der Waals surface area (Å²) < 4.78 is 5.29. The number of carboxylic acid groups (broad SMARTS) is 1. The molecule has 0 saturated carbocycles. The minimum Gasteiger partial charge on any atom is -0.481 e. The van der Waals surface area contributed by atoms with Gasteiger partial charge in [0.1, 0.15) is 0 Å². The molecule has 1 atom stereocenters. The van der Waals surface area contributed by atoms with E-state index in [1.54, 1.807) is 0 Å². The molecular formula is C12H13NO3. The second kappa shape index (κ2) is 6.59. The molecule has 1 aromatic rings. The van der Waals surface area contributed by atoms with Crippen molar-refractivity contribution in [1.82, 2.24) is 0 Å². The van der Waals surface area contributed by atoms with E-state index >= 15 is 0 Å². The van der Waals surface area contributed by atoms with Crippen LogP contribution in [-0.4, -0.2) is 17.7 Å². The van der Waals surface area contributed by atoms with Crippen LogP contribution in [-0.2, 0) is 16.1 Å². The van der Waals surface area contributed by atoms with Gasteiger partial charge in [-0.1, -0.05) is 30.3 Å². The lowest BCUT2D eigenvalue weighted by Gasteiger charge is -2.07. The van der Waals surface area contributed by atoms with Gasteiger partial charge in [0, 0.05) is 0 Å². The molecule has 0 spiro atoms. The van der Waals surface area contributed by atoms with Gasteiger partial charge < -0.3 is 9.84 Å². The van der Waals surface area contributed by atoms with Gasteiger partial charge in [0.15, 0.2) is 0 Å². The highest BCUT2D eigenvalue weighted by molar-refractivity contribution is 5.67. The van der Waals surface area contributed by atoms with E-state index < -0.39 is 11.9 Å². The molecule has 4 nitrogen and oxygen atoms in total. The monoisotopic (exact) mass is 219 g/mol. The largest absolute Gasteiger partial charge is 0.481 e. The summed E-state index contributed by atoms with van der Waals surface area (Å²) in [4.78, 5) is 10.4. The lowest BCUT2D eigenvalue weighted by molar-refractivity contribution is -0.138. The summed E-state index contributed by atoms with van der Waals surface area (Å²) in [5, 5.41) is 17.2. The number of ether oxygens (including phenoxy) is 1. The van der Waals surface area contributed by atoms with Gasteiger partial charge in [-0.05, 0) is 5.56 Å². The molecule has 1 rings (SSSR count). The Balaban J connectivity index is 2.29. The Labute approximate surface area is 94.1 Å². The van der Waals surface area contributed by atoms with Crippen LogP contribution < -0.4 is 0 Å². The second-order valence-corrected chi connectivity index (χ2v) is 3.42. The molecular weight excluding hydrogens is 206 g/mol. The number of hydrogen-bond donors (Lipinski definition) is 1. The lowest BCUT2D eigenvalue weighted by atomic mass is 10.1. The van der Waals surface area contributed by atoms with Crippen LogP contribution >= 0.6 is 0 Å². The summed E-state index contributed by atoms with van der Waals surface area (Å²) >= 11 is 0. The van der Waals surface area contributed by atoms with Crippen molar-refractivity contribution in [3.8, 4) is 6.07 Å². The van der Waals surface area contributed by atoms with Crippen molar-refractivity contribution in [3.63, 3.8) is 0 Å². The maximum Gasteiger partial charge on any atom is 0.304 e. The number of nitriles is 1. The summed E-state index contributed by atoms with van der Waals surface area (Å²) in [7, 11) is 0. The number of hydrogen-bond acceptors (Lipinski definition) is 3. The minimum atomic E-state index is -0.977. The first-order valence-electron chi connectivity index (χ1n) is 4.95. The number of benzene rings is 1. The smallest absolute Gasteiger partial charge is 0.304 e. The van der Waals surface area contributed by atoms with Crippen LogP contribution in [0.15, 0.2) is 30.3 Å². The maximum atomic E-state index is 10.4. The topological polar surface area (TPSA) is 70.3 Å². The highest BCUT2D eigenvalue weighted by atomic mass is 16.5. The van der Waals surface area contributed by atoms with Crippen LogP contribution in [0.5, 0.6) is 0 Å². The van der Waals surface area contributed by atoms with E-state index in [0.717, 1.165) is 5.56 Å². The fourth-order valence-electron chi connectivity index (χ4n) is 1.25. The summed E-state index contributed by atoms with van der Waals surface area (Å²) in [6.45, 7) is 0.552. The Kier molecular flexibility index (Phi) is 5.03. The lowest BCUT2D eigenvalue weighted by Crippen LogP contribution is -2.12. The standard InChI is InChI=1S/C12H13NO3/c13-7-11(6-12(14)15)9-16-8-10-4-2-1-3-5-10/h1-5,11H,6,8-9H2,(H,14,15). The van der Waals surface area contributed by atoms with Crippen LogP contribution in [0.3, 0.4) is 0 Å². The highest BCUT2D eigenvalue weighted by Crippen LogP contribution is 2.06. The molecule has 0 aliphatic heterocycles. The zero-order valence-corrected chi connectivity index (χ0v) is 8.80. The fourth-order valence-corrected chi connectivity index (χ4v) is 1.25. The molecule has 0 radical (unpaired) electrons. The first-order chi connectivity index (χ1) is 7.72. The third-order valence-electron chi connectivity index (χ3n) is 2.03. The Bertz CT molecular complexity index is 370. The predicted octanol–water partition coefficient (Wildman–Crippen LogP) is 1.82. The first-order valence-corrected chi connectivity index (χ1v) is 4.95. The summed E-state index contributed by atoms with van der Waals surface area (Å²) in [6.07, 6.45) is -0.175. The summed E-state index contributed by atoms with van der Waals surface area (Å²) in [5.74, 6) is -1.56. The molecule has 0 fully saturated rings. The maximum absolute atomic E-state index is 10.4. The molecule has 0 bridgehead atoms. The van der Waals surface area contributed by atoms with Crippen molar-refractivity contribution in [2.75, 3.05) is 6.61 Å². The van der Waals surface area contributed by atoms with Crippen molar-refractivity contribution >= 4 is 5.97 Å². The van der Waals surface area contributed by atoms with E-state index in [-0.39, 0.29) is 13.0 Å². The van der Waals surface area contributed by atoms with Crippen LogP contribution in [0, 0.1) is 17.2 Å². The average molecular weight is 219 g/mol. The minimum absolute atomic E-state index is 0.150. The van der Waals surface area contributed by atoms with Crippen LogP contribution in [0.1, 0.15) is 12.0 Å². The van der Waals surface area contributed by atoms with Gasteiger partial charge in [0.25, 0.3) is 0 Å². The van der Waals surface area contributed by atoms with Crippen molar-refractivity contribution in [2.24, 2.45) is 5.92 Å². The molecule has 0 heterocycles. The summed E-state index contributed by atoms with van der Waals surface area (Å²) in [6, 6.07) is 11.5. The van der Waals surface area contributed by atoms with E-state index in [9.17, 15) is 4.79 Å². The Morgan fingerprint density at radius 3 is 2.69 bits per heavy atom. The third-order valence-corrected chi connectivity index (χ3v) is 2.03. The predicted molar refractivity (Wildman–Crippen MR) is 57.5 cm³/mol. The second-order valence-electron chi connectivity index (χ2n) is 3.42. The van der Waals surface area contributed by atoms with Gasteiger partial charge in [-0.25, -0.2) is 0 Å². The van der Waals surface area contributed by atoms with Gasteiger partial charge in [-0.2, -0.15) is 5.26 Å². The quantitative estimate of drug-likeness (QED) is 0.792. The van der Waals surface area contributed by atoms with Crippen molar-refractivity contribution in [3.05, 3.63) is 35.9 Å². The molecule has 4 heteroatoms. The molecule has 0 amide bonds. The molecule has 0 saturated heterocycles. The molecule has 16 heavy (non-hydrogen) atoms. The molecule has 0 aliphatic rings. The van der Waals surface area contributed by atoms with Crippen molar-refractivity contribution in [2.45, 2.75) is 13.0 Å². The molecule has 0 aromatic heterocycles. The fraction of sp³-hybridized carbons (Fsp3) is 0.333. The zero-order chi connectivity index (χ0) is 11.8. The Morgan fingerprint density at radius 2 is 2.12 bits per heavy atom. The number of nitrogens with zero attached hydrogens (tertiary/aromatic N) is 1. The normalized spacial score (nSPS) is 11.7. The Hall–Kier alpha value is -1.86. The third kappa shape index (κ3) is 4.58. The van der Waals surface area contributed by atoms with Gasteiger partial charge in [-0.15, -0.1) is 0 Å². The van der Waals surface area contributed by atoms with E-state index in [4.69, 9.17) is 15.1 Å². The van der Waals surface area contributed by atoms with Crippen LogP contribution in [0.2, 0.25) is 0 Å². The molecule has 1 N–H and O–H groups in total. The number of carboxylic acids is 1. The van der Waals surface area contributed by atoms with Crippen molar-refractivity contribution in [1.29, 1.82) is 5.26 Å². The van der Waals surface area contributed by atoms with Gasteiger partial charge in [-0.3, -0.25) is 4.79 Å². The van der Waals surface area contributed by atoms with Crippen molar-refractivity contribution < 1.29 is 14.6 Å². The summed E-state index contributed by atoms with van der Waals surface area (Å²) in [5.41, 5.74) is 1.01. The zero-order valence-electron chi connectivity index (χ0n) is 8.80. The molecule has 0 aliphatic carbocycles. The van der Waals surface area contributed by atoms with Crippen LogP contribution in [0.4, 0.5) is 0 Å². The average Bonchev–Trinajstić information content (AvgIpc) is 2.28. The first kappa shape index (κ1) is 12.2. The molecule has 1 unspecified atom stereocenters. The molecule has 84 valence electrons.